The minimum atomic E-state index is -5.81. The van der Waals surface area contributed by atoms with Crippen LogP contribution in [0.4, 0.5) is 30.2 Å². The van der Waals surface area contributed by atoms with Crippen molar-refractivity contribution < 1.29 is 30.2 Å². The summed E-state index contributed by atoms with van der Waals surface area (Å²) in [6.07, 6.45) is 0. The Balaban J connectivity index is 0.00000275. The number of aromatic nitrogens is 2. The summed E-state index contributed by atoms with van der Waals surface area (Å²) < 4.78 is 77.6. The van der Waals surface area contributed by atoms with Crippen LogP contribution >= 0.6 is 0 Å². The second-order valence-electron chi connectivity index (χ2n) is 17.7. The molecule has 11 heteroatoms. The average molecular weight is 996 g/mol. The molecule has 0 bridgehead atoms. The van der Waals surface area contributed by atoms with Gasteiger partial charge in [0, 0.05) is 66.3 Å². The van der Waals surface area contributed by atoms with Crippen molar-refractivity contribution in [3.63, 3.8) is 0 Å². The standard InChI is InChI=1S/C61H38F3N3O4S.C2H6/c62-61(63,64)72(68,69)71-47-35-33-46(34-36-47)67-57-18-7-3-12-51(57)54-38-41(24-37-58(54)67)39-20-25-42(26-21-39)65(43-27-22-40(23-28-43)48-14-9-15-53-52-13-4-8-19-59(52)70-60(48)53)44-29-31-45(32-30-44)66-55-16-5-1-10-49(55)50-11-2-6-17-56(50)66;1-2/h1-38H;1-2H3. The number of para-hydroxylation sites is 5. The van der Waals surface area contributed by atoms with Crippen molar-refractivity contribution in [2.45, 2.75) is 19.4 Å². The molecule has 0 atom stereocenters. The molecule has 74 heavy (non-hydrogen) atoms. The van der Waals surface area contributed by atoms with Gasteiger partial charge in [0.1, 0.15) is 16.9 Å². The van der Waals surface area contributed by atoms with Crippen LogP contribution in [0.5, 0.6) is 5.75 Å². The molecule has 7 nitrogen and oxygen atoms in total. The molecule has 3 heterocycles. The number of nitrogens with zero attached hydrogens (tertiary/aromatic N) is 3. The fourth-order valence-corrected chi connectivity index (χ4v) is 10.7. The monoisotopic (exact) mass is 995 g/mol. The molecule has 0 N–H and O–H groups in total. The lowest BCUT2D eigenvalue weighted by atomic mass is 10.0. The zero-order valence-corrected chi connectivity index (χ0v) is 40.8. The van der Waals surface area contributed by atoms with Gasteiger partial charge >= 0.3 is 15.6 Å². The highest BCUT2D eigenvalue weighted by Crippen LogP contribution is 2.42. The Morgan fingerprint density at radius 2 is 0.865 bits per heavy atom. The van der Waals surface area contributed by atoms with Crippen molar-refractivity contribution >= 4 is 92.7 Å². The van der Waals surface area contributed by atoms with Gasteiger partial charge in [0.05, 0.1) is 22.1 Å². The highest BCUT2D eigenvalue weighted by atomic mass is 32.2. The molecule has 0 fully saturated rings. The number of halogens is 3. The maximum absolute atomic E-state index is 13.0. The third-order valence-electron chi connectivity index (χ3n) is 13.5. The second-order valence-corrected chi connectivity index (χ2v) is 19.2. The number of hydrogen-bond acceptors (Lipinski definition) is 5. The van der Waals surface area contributed by atoms with E-state index in [9.17, 15) is 21.6 Å². The third kappa shape index (κ3) is 7.80. The number of anilines is 3. The van der Waals surface area contributed by atoms with E-state index in [2.05, 4.69) is 165 Å². The summed E-state index contributed by atoms with van der Waals surface area (Å²) in [5.41, 5.74) is 8.84. The van der Waals surface area contributed by atoms with Crippen LogP contribution in [-0.4, -0.2) is 23.1 Å². The molecule has 0 aliphatic heterocycles. The summed E-state index contributed by atoms with van der Waals surface area (Å²) >= 11 is 0. The maximum Gasteiger partial charge on any atom is 0.534 e. The normalized spacial score (nSPS) is 12.0. The van der Waals surface area contributed by atoms with Crippen LogP contribution in [0, 0.1) is 0 Å². The number of rotatable bonds is 9. The van der Waals surface area contributed by atoms with Crippen LogP contribution in [0.1, 0.15) is 13.8 Å². The Morgan fingerprint density at radius 3 is 1.42 bits per heavy atom. The van der Waals surface area contributed by atoms with Gasteiger partial charge in [0.2, 0.25) is 0 Å². The first-order chi connectivity index (χ1) is 36.1. The summed E-state index contributed by atoms with van der Waals surface area (Å²) in [7, 11) is -5.81. The number of hydrogen-bond donors (Lipinski definition) is 0. The fourth-order valence-electron chi connectivity index (χ4n) is 10.2. The van der Waals surface area contributed by atoms with Crippen molar-refractivity contribution in [3.8, 4) is 39.4 Å². The lowest BCUT2D eigenvalue weighted by molar-refractivity contribution is -0.0500. The summed E-state index contributed by atoms with van der Waals surface area (Å²) in [6, 6.07) is 76.9. The molecule has 0 saturated heterocycles. The van der Waals surface area contributed by atoms with Crippen molar-refractivity contribution in [3.05, 3.63) is 231 Å². The number of furan rings is 1. The van der Waals surface area contributed by atoms with E-state index in [-0.39, 0.29) is 0 Å². The van der Waals surface area contributed by atoms with Crippen LogP contribution in [0.15, 0.2) is 235 Å². The first-order valence-electron chi connectivity index (χ1n) is 24.2. The van der Waals surface area contributed by atoms with Crippen LogP contribution < -0.4 is 9.08 Å². The summed E-state index contributed by atoms with van der Waals surface area (Å²) in [6.45, 7) is 4.00. The van der Waals surface area contributed by atoms with E-state index in [0.29, 0.717) is 5.69 Å². The van der Waals surface area contributed by atoms with E-state index >= 15 is 0 Å². The van der Waals surface area contributed by atoms with Gasteiger partial charge in [-0.25, -0.2) is 0 Å². The number of alkyl halides is 3. The molecule has 362 valence electrons. The molecule has 13 aromatic rings. The van der Waals surface area contributed by atoms with Crippen LogP contribution in [-0.2, 0) is 10.1 Å². The summed E-state index contributed by atoms with van der Waals surface area (Å²) in [4.78, 5) is 2.26. The second kappa shape index (κ2) is 18.2. The number of benzene rings is 10. The Morgan fingerprint density at radius 1 is 0.432 bits per heavy atom. The molecule has 0 saturated carbocycles. The van der Waals surface area contributed by atoms with Gasteiger partial charge in [-0.2, -0.15) is 21.6 Å². The highest BCUT2D eigenvalue weighted by molar-refractivity contribution is 7.88. The predicted octanol–water partition coefficient (Wildman–Crippen LogP) is 17.8. The van der Waals surface area contributed by atoms with E-state index in [4.69, 9.17) is 4.42 Å². The van der Waals surface area contributed by atoms with Crippen LogP contribution in [0.3, 0.4) is 0 Å². The van der Waals surface area contributed by atoms with Gasteiger partial charge in [-0.1, -0.05) is 135 Å². The molecule has 10 aromatic carbocycles. The van der Waals surface area contributed by atoms with Crippen molar-refractivity contribution in [2.24, 2.45) is 0 Å². The zero-order valence-electron chi connectivity index (χ0n) is 40.0. The molecule has 0 amide bonds. The molecular weight excluding hydrogens is 952 g/mol. The van der Waals surface area contributed by atoms with Gasteiger partial charge in [-0.3, -0.25) is 0 Å². The molecular formula is C63H44F3N3O4S. The van der Waals surface area contributed by atoms with Crippen molar-refractivity contribution in [1.82, 2.24) is 9.13 Å². The first kappa shape index (κ1) is 46.0. The summed E-state index contributed by atoms with van der Waals surface area (Å²) in [5.74, 6) is -0.439. The smallest absolute Gasteiger partial charge is 0.455 e. The average Bonchev–Trinajstić information content (AvgIpc) is 4.10. The third-order valence-corrected chi connectivity index (χ3v) is 14.5. The van der Waals surface area contributed by atoms with E-state index in [0.717, 1.165) is 99.8 Å². The lowest BCUT2D eigenvalue weighted by Crippen LogP contribution is -2.28. The van der Waals surface area contributed by atoms with Gasteiger partial charge in [0.25, 0.3) is 0 Å². The van der Waals surface area contributed by atoms with Crippen LogP contribution in [0.2, 0.25) is 0 Å². The minimum Gasteiger partial charge on any atom is -0.455 e. The SMILES string of the molecule is CC.O=S(=O)(Oc1ccc(-n2c3ccccc3c3cc(-c4ccc(N(c5ccc(-c6cccc7c6oc6ccccc67)cc5)c5ccc(-n6c7ccccc7c7ccccc76)cc5)cc4)ccc32)cc1)C(F)(F)F. The molecule has 0 aliphatic rings. The maximum atomic E-state index is 13.0. The van der Waals surface area contributed by atoms with E-state index in [1.165, 1.54) is 35.0 Å². The quantitative estimate of drug-likeness (QED) is 0.106. The van der Waals surface area contributed by atoms with Gasteiger partial charge in [-0.15, -0.1) is 0 Å². The number of fused-ring (bicyclic) bond motifs is 9. The van der Waals surface area contributed by atoms with Crippen molar-refractivity contribution in [1.29, 1.82) is 0 Å². The minimum absolute atomic E-state index is 0.439. The Kier molecular flexibility index (Phi) is 11.3. The Hall–Kier alpha value is -9.06. The largest absolute Gasteiger partial charge is 0.534 e. The zero-order chi connectivity index (χ0) is 50.7. The van der Waals surface area contributed by atoms with Gasteiger partial charge in [0.15, 0.2) is 0 Å². The molecule has 0 spiro atoms. The van der Waals surface area contributed by atoms with E-state index < -0.39 is 21.4 Å². The predicted molar refractivity (Wildman–Crippen MR) is 295 cm³/mol. The molecule has 0 aliphatic carbocycles. The molecule has 0 unspecified atom stereocenters. The molecule has 3 aromatic heterocycles. The van der Waals surface area contributed by atoms with E-state index in [1.807, 2.05) is 73.0 Å². The molecule has 0 radical (unpaired) electrons. The summed E-state index contributed by atoms with van der Waals surface area (Å²) in [5, 5.41) is 6.51. The Bertz CT molecular complexity index is 4300. The fraction of sp³-hybridized carbons (Fsp3) is 0.0476. The van der Waals surface area contributed by atoms with Gasteiger partial charge < -0.3 is 22.6 Å². The topological polar surface area (TPSA) is 69.6 Å². The first-order valence-corrected chi connectivity index (χ1v) is 25.6. The Labute approximate surface area is 424 Å². The van der Waals surface area contributed by atoms with Crippen molar-refractivity contribution in [2.75, 3.05) is 4.90 Å². The van der Waals surface area contributed by atoms with Crippen LogP contribution in [0.25, 0.3) is 99.2 Å². The van der Waals surface area contributed by atoms with E-state index in [1.54, 1.807) is 0 Å². The molecule has 13 rings (SSSR count). The highest BCUT2D eigenvalue weighted by Gasteiger charge is 2.48. The lowest BCUT2D eigenvalue weighted by Gasteiger charge is -2.26. The van der Waals surface area contributed by atoms with Gasteiger partial charge in [-0.05, 0) is 126 Å².